The van der Waals surface area contributed by atoms with Gasteiger partial charge in [0.2, 0.25) is 0 Å². The SMILES string of the molecule is Oc1c(-c2ccccc2)cc(-c2ccccc2)cc1-c1ccccc1.[Al]. The van der Waals surface area contributed by atoms with E-state index in [0.29, 0.717) is 5.75 Å². The summed E-state index contributed by atoms with van der Waals surface area (Å²) in [4.78, 5) is 0. The molecule has 0 saturated heterocycles. The molecule has 0 unspecified atom stereocenters. The molecule has 0 bridgehead atoms. The van der Waals surface area contributed by atoms with Crippen molar-refractivity contribution in [1.82, 2.24) is 0 Å². The van der Waals surface area contributed by atoms with Crippen molar-refractivity contribution in [2.24, 2.45) is 0 Å². The van der Waals surface area contributed by atoms with Gasteiger partial charge in [0, 0.05) is 28.5 Å². The molecular formula is C24H18AlO. The van der Waals surface area contributed by atoms with Crippen LogP contribution in [0.3, 0.4) is 0 Å². The molecule has 0 aliphatic rings. The largest absolute Gasteiger partial charge is 0.507 e. The lowest BCUT2D eigenvalue weighted by Gasteiger charge is -2.14. The topological polar surface area (TPSA) is 20.2 Å². The molecule has 4 aromatic carbocycles. The third-order valence-electron chi connectivity index (χ3n) is 4.39. The fourth-order valence-electron chi connectivity index (χ4n) is 3.11. The highest BCUT2D eigenvalue weighted by Gasteiger charge is 2.14. The van der Waals surface area contributed by atoms with Crippen LogP contribution in [0.2, 0.25) is 0 Å². The van der Waals surface area contributed by atoms with Crippen LogP contribution < -0.4 is 0 Å². The number of phenolic OH excluding ortho intramolecular Hbond substituents is 1. The minimum atomic E-state index is 0. The van der Waals surface area contributed by atoms with Gasteiger partial charge in [-0.3, -0.25) is 0 Å². The second-order valence-corrected chi connectivity index (χ2v) is 6.02. The summed E-state index contributed by atoms with van der Waals surface area (Å²) in [5, 5.41) is 11.0. The zero-order valence-electron chi connectivity index (χ0n) is 14.3. The number of benzene rings is 4. The second-order valence-electron chi connectivity index (χ2n) is 6.02. The van der Waals surface area contributed by atoms with E-state index in [4.69, 9.17) is 0 Å². The third kappa shape index (κ3) is 3.58. The van der Waals surface area contributed by atoms with Gasteiger partial charge in [-0.15, -0.1) is 0 Å². The molecule has 0 saturated carbocycles. The molecule has 123 valence electrons. The lowest BCUT2D eigenvalue weighted by atomic mass is 9.92. The summed E-state index contributed by atoms with van der Waals surface area (Å²) in [6, 6.07) is 34.4. The van der Waals surface area contributed by atoms with Crippen LogP contribution in [0.1, 0.15) is 0 Å². The van der Waals surface area contributed by atoms with Crippen molar-refractivity contribution in [3.63, 3.8) is 0 Å². The van der Waals surface area contributed by atoms with Crippen LogP contribution >= 0.6 is 0 Å². The predicted molar refractivity (Wildman–Crippen MR) is 110 cm³/mol. The zero-order valence-corrected chi connectivity index (χ0v) is 15.5. The van der Waals surface area contributed by atoms with E-state index in [0.717, 1.165) is 33.4 Å². The maximum atomic E-state index is 11.0. The van der Waals surface area contributed by atoms with E-state index in [2.05, 4.69) is 24.3 Å². The number of hydrogen-bond donors (Lipinski definition) is 1. The Hall–Kier alpha value is -2.79. The molecule has 2 heteroatoms. The van der Waals surface area contributed by atoms with Gasteiger partial charge in [-0.1, -0.05) is 91.0 Å². The Kier molecular flexibility index (Phi) is 5.59. The standard InChI is InChI=1S/C24H18O.Al/c25-24-22(19-12-6-2-7-13-19)16-21(18-10-4-1-5-11-18)17-23(24)20-14-8-3-9-15-20;/h1-17,25H;. The van der Waals surface area contributed by atoms with Crippen molar-refractivity contribution in [1.29, 1.82) is 0 Å². The van der Waals surface area contributed by atoms with Gasteiger partial charge in [0.25, 0.3) is 0 Å². The smallest absolute Gasteiger partial charge is 0.131 e. The van der Waals surface area contributed by atoms with Crippen molar-refractivity contribution >= 4 is 17.4 Å². The maximum absolute atomic E-state index is 11.0. The molecule has 26 heavy (non-hydrogen) atoms. The minimum Gasteiger partial charge on any atom is -0.507 e. The molecule has 0 atom stereocenters. The fraction of sp³-hybridized carbons (Fsp3) is 0. The van der Waals surface area contributed by atoms with E-state index < -0.39 is 0 Å². The summed E-state index contributed by atoms with van der Waals surface area (Å²) in [5.74, 6) is 0.317. The quantitative estimate of drug-likeness (QED) is 0.449. The van der Waals surface area contributed by atoms with Gasteiger partial charge in [0.1, 0.15) is 5.75 Å². The highest BCUT2D eigenvalue weighted by Crippen LogP contribution is 2.41. The van der Waals surface area contributed by atoms with E-state index in [-0.39, 0.29) is 17.4 Å². The van der Waals surface area contributed by atoms with Gasteiger partial charge in [-0.05, 0) is 34.4 Å². The lowest BCUT2D eigenvalue weighted by Crippen LogP contribution is -1.88. The molecule has 1 nitrogen and oxygen atoms in total. The summed E-state index contributed by atoms with van der Waals surface area (Å²) in [5.41, 5.74) is 5.94. The molecule has 0 aromatic heterocycles. The van der Waals surface area contributed by atoms with Gasteiger partial charge >= 0.3 is 0 Å². The van der Waals surface area contributed by atoms with Crippen molar-refractivity contribution in [2.45, 2.75) is 0 Å². The zero-order chi connectivity index (χ0) is 17.1. The Morgan fingerprint density at radius 2 is 0.769 bits per heavy atom. The Bertz CT molecular complexity index is 920. The molecule has 4 aromatic rings. The summed E-state index contributed by atoms with van der Waals surface area (Å²) in [6.07, 6.45) is 0. The van der Waals surface area contributed by atoms with Crippen LogP contribution in [0.4, 0.5) is 0 Å². The van der Waals surface area contributed by atoms with Crippen LogP contribution in [-0.2, 0) is 0 Å². The maximum Gasteiger partial charge on any atom is 0.131 e. The third-order valence-corrected chi connectivity index (χ3v) is 4.39. The van der Waals surface area contributed by atoms with Crippen LogP contribution in [0.15, 0.2) is 103 Å². The summed E-state index contributed by atoms with van der Waals surface area (Å²) >= 11 is 0. The Balaban J connectivity index is 0.00000196. The van der Waals surface area contributed by atoms with Crippen LogP contribution in [0.25, 0.3) is 33.4 Å². The van der Waals surface area contributed by atoms with Crippen molar-refractivity contribution in [3.8, 4) is 39.1 Å². The molecule has 0 aliphatic carbocycles. The second kappa shape index (κ2) is 8.06. The Morgan fingerprint density at radius 3 is 1.15 bits per heavy atom. The first-order valence-corrected chi connectivity index (χ1v) is 8.36. The van der Waals surface area contributed by atoms with Gasteiger partial charge in [-0.2, -0.15) is 0 Å². The van der Waals surface area contributed by atoms with E-state index in [9.17, 15) is 5.11 Å². The number of phenols is 1. The van der Waals surface area contributed by atoms with Crippen molar-refractivity contribution in [3.05, 3.63) is 103 Å². The first-order valence-electron chi connectivity index (χ1n) is 8.36. The molecule has 4 rings (SSSR count). The normalized spacial score (nSPS) is 10.2. The van der Waals surface area contributed by atoms with Gasteiger partial charge in [0.15, 0.2) is 0 Å². The first-order chi connectivity index (χ1) is 12.3. The van der Waals surface area contributed by atoms with E-state index >= 15 is 0 Å². The number of hydrogen-bond acceptors (Lipinski definition) is 1. The highest BCUT2D eigenvalue weighted by molar-refractivity contribution is 5.87. The molecule has 0 aliphatic heterocycles. The molecule has 0 amide bonds. The predicted octanol–water partition coefficient (Wildman–Crippen LogP) is 6.01. The molecule has 0 spiro atoms. The molecular weight excluding hydrogens is 331 g/mol. The number of aromatic hydroxyl groups is 1. The highest BCUT2D eigenvalue weighted by atomic mass is 27.0. The Labute approximate surface area is 164 Å². The van der Waals surface area contributed by atoms with Gasteiger partial charge in [-0.25, -0.2) is 0 Å². The van der Waals surface area contributed by atoms with Crippen LogP contribution in [-0.4, -0.2) is 22.5 Å². The lowest BCUT2D eigenvalue weighted by molar-refractivity contribution is 0.479. The van der Waals surface area contributed by atoms with Crippen molar-refractivity contribution in [2.75, 3.05) is 0 Å². The first kappa shape index (κ1) is 18.0. The number of rotatable bonds is 3. The molecule has 1 N–H and O–H groups in total. The summed E-state index contributed by atoms with van der Waals surface area (Å²) in [7, 11) is 0. The average molecular weight is 349 g/mol. The van der Waals surface area contributed by atoms with E-state index in [1.54, 1.807) is 0 Å². The van der Waals surface area contributed by atoms with E-state index in [1.807, 2.05) is 78.9 Å². The van der Waals surface area contributed by atoms with E-state index in [1.165, 1.54) is 0 Å². The van der Waals surface area contributed by atoms with Crippen molar-refractivity contribution < 1.29 is 5.11 Å². The molecule has 0 heterocycles. The fourth-order valence-corrected chi connectivity index (χ4v) is 3.11. The Morgan fingerprint density at radius 1 is 0.423 bits per heavy atom. The van der Waals surface area contributed by atoms with Gasteiger partial charge < -0.3 is 5.11 Å². The summed E-state index contributed by atoms with van der Waals surface area (Å²) < 4.78 is 0. The minimum absolute atomic E-state index is 0. The van der Waals surface area contributed by atoms with Crippen LogP contribution in [0.5, 0.6) is 5.75 Å². The molecule has 0 fully saturated rings. The summed E-state index contributed by atoms with van der Waals surface area (Å²) in [6.45, 7) is 0. The van der Waals surface area contributed by atoms with Crippen LogP contribution in [0, 0.1) is 0 Å². The average Bonchev–Trinajstić information content (AvgIpc) is 2.70. The molecule has 3 radical (unpaired) electrons. The van der Waals surface area contributed by atoms with Gasteiger partial charge in [0.05, 0.1) is 0 Å². The monoisotopic (exact) mass is 349 g/mol.